The third-order valence-corrected chi connectivity index (χ3v) is 8.37. The minimum Gasteiger partial charge on any atom is -0.293 e. The van der Waals surface area contributed by atoms with Crippen molar-refractivity contribution in [3.05, 3.63) is 85.4 Å². The zero-order chi connectivity index (χ0) is 22.2. The minimum atomic E-state index is -0.0364. The summed E-state index contributed by atoms with van der Waals surface area (Å²) in [5, 5.41) is 1.31. The smallest absolute Gasteiger partial charge is 0.267 e. The number of hydrogen-bond donors (Lipinski definition) is 0. The number of rotatable bonds is 5. The normalized spacial score (nSPS) is 15.6. The Kier molecular flexibility index (Phi) is 6.05. The summed E-state index contributed by atoms with van der Waals surface area (Å²) in [5.74, 6) is 0.844. The van der Waals surface area contributed by atoms with Crippen molar-refractivity contribution in [2.45, 2.75) is 31.3 Å². The van der Waals surface area contributed by atoms with Crippen LogP contribution in [0.2, 0.25) is 0 Å². The Labute approximate surface area is 202 Å². The molecule has 4 nitrogen and oxygen atoms in total. The van der Waals surface area contributed by atoms with Crippen LogP contribution in [-0.4, -0.2) is 21.1 Å². The molecule has 1 aliphatic carbocycles. The molecule has 1 unspecified atom stereocenters. The van der Waals surface area contributed by atoms with Crippen LogP contribution in [0.15, 0.2) is 69.0 Å². The monoisotopic (exact) mass is 524 g/mol. The first-order valence-electron chi connectivity index (χ1n) is 10.6. The van der Waals surface area contributed by atoms with Gasteiger partial charge in [0.05, 0.1) is 16.8 Å². The highest BCUT2D eigenvalue weighted by Crippen LogP contribution is 2.37. The van der Waals surface area contributed by atoms with Gasteiger partial charge in [-0.15, -0.1) is 11.3 Å². The number of aromatic nitrogens is 2. The molecule has 0 radical (unpaired) electrons. The number of carbonyl (C=O) groups excluding carboxylic acids is 1. The zero-order valence-corrected chi connectivity index (χ0v) is 20.7. The van der Waals surface area contributed by atoms with Crippen LogP contribution in [0, 0.1) is 5.92 Å². The van der Waals surface area contributed by atoms with Gasteiger partial charge in [-0.25, -0.2) is 4.98 Å². The second kappa shape index (κ2) is 8.96. The molecule has 0 spiro atoms. The van der Waals surface area contributed by atoms with Crippen molar-refractivity contribution in [1.82, 2.24) is 9.55 Å². The fraction of sp³-hybridized carbons (Fsp3) is 0.240. The molecule has 0 bridgehead atoms. The predicted octanol–water partition coefficient (Wildman–Crippen LogP) is 6.31. The van der Waals surface area contributed by atoms with Gasteiger partial charge in [0.15, 0.2) is 10.9 Å². The van der Waals surface area contributed by atoms with Crippen molar-refractivity contribution in [1.29, 1.82) is 0 Å². The molecule has 7 heteroatoms. The maximum atomic E-state index is 13.7. The van der Waals surface area contributed by atoms with Crippen molar-refractivity contribution in [2.24, 2.45) is 5.92 Å². The molecule has 1 atom stereocenters. The number of aryl methyl sites for hydroxylation is 1. The Morgan fingerprint density at radius 3 is 2.81 bits per heavy atom. The topological polar surface area (TPSA) is 52.0 Å². The molecule has 0 saturated heterocycles. The molecule has 32 heavy (non-hydrogen) atoms. The lowest BCUT2D eigenvalue weighted by molar-refractivity contribution is 0.102. The number of fused-ring (bicyclic) bond motifs is 3. The quantitative estimate of drug-likeness (QED) is 0.174. The van der Waals surface area contributed by atoms with Crippen LogP contribution in [0.5, 0.6) is 0 Å². The molecule has 2 heterocycles. The first-order valence-corrected chi connectivity index (χ1v) is 13.1. The van der Waals surface area contributed by atoms with Gasteiger partial charge in [-0.1, -0.05) is 64.9 Å². The van der Waals surface area contributed by atoms with Gasteiger partial charge in [-0.3, -0.25) is 14.2 Å². The summed E-state index contributed by atoms with van der Waals surface area (Å²) in [4.78, 5) is 33.5. The number of para-hydroxylation sites is 1. The van der Waals surface area contributed by atoms with Gasteiger partial charge in [0.25, 0.3) is 5.56 Å². The molecule has 2 aromatic carbocycles. The summed E-state index contributed by atoms with van der Waals surface area (Å²) in [6.07, 6.45) is 3.03. The maximum Gasteiger partial charge on any atom is 0.267 e. The first kappa shape index (κ1) is 21.6. The largest absolute Gasteiger partial charge is 0.293 e. The summed E-state index contributed by atoms with van der Waals surface area (Å²) in [6, 6.07) is 17.0. The van der Waals surface area contributed by atoms with Gasteiger partial charge in [-0.2, -0.15) is 0 Å². The Bertz CT molecular complexity index is 1380. The molecule has 0 N–H and O–H groups in total. The van der Waals surface area contributed by atoms with Crippen LogP contribution in [0.1, 0.15) is 34.1 Å². The van der Waals surface area contributed by atoms with E-state index in [1.807, 2.05) is 54.6 Å². The van der Waals surface area contributed by atoms with Crippen molar-refractivity contribution < 1.29 is 4.79 Å². The predicted molar refractivity (Wildman–Crippen MR) is 136 cm³/mol. The summed E-state index contributed by atoms with van der Waals surface area (Å²) in [6.45, 7) is 2.26. The molecule has 2 aromatic heterocycles. The zero-order valence-electron chi connectivity index (χ0n) is 17.5. The summed E-state index contributed by atoms with van der Waals surface area (Å²) in [7, 11) is 0. The number of thiophene rings is 1. The number of halogens is 1. The molecule has 0 saturated carbocycles. The van der Waals surface area contributed by atoms with Gasteiger partial charge in [0.2, 0.25) is 0 Å². The summed E-state index contributed by atoms with van der Waals surface area (Å²) >= 11 is 6.38. The van der Waals surface area contributed by atoms with E-state index in [0.717, 1.165) is 39.6 Å². The van der Waals surface area contributed by atoms with E-state index in [9.17, 15) is 9.59 Å². The van der Waals surface area contributed by atoms with Crippen molar-refractivity contribution in [3.8, 4) is 5.69 Å². The molecule has 5 rings (SSSR count). The van der Waals surface area contributed by atoms with E-state index in [1.165, 1.54) is 22.2 Å². The van der Waals surface area contributed by atoms with E-state index < -0.39 is 0 Å². The lowest BCUT2D eigenvalue weighted by Gasteiger charge is -2.17. The van der Waals surface area contributed by atoms with Gasteiger partial charge < -0.3 is 0 Å². The number of nitrogens with zero attached hydrogens (tertiary/aromatic N) is 2. The van der Waals surface area contributed by atoms with Crippen LogP contribution in [0.25, 0.3) is 15.9 Å². The van der Waals surface area contributed by atoms with E-state index >= 15 is 0 Å². The molecule has 162 valence electrons. The Balaban J connectivity index is 1.59. The number of ketones is 1. The van der Waals surface area contributed by atoms with Crippen LogP contribution in [0.4, 0.5) is 0 Å². The lowest BCUT2D eigenvalue weighted by Crippen LogP contribution is -2.23. The van der Waals surface area contributed by atoms with Gasteiger partial charge in [0.1, 0.15) is 4.83 Å². The fourth-order valence-electron chi connectivity index (χ4n) is 4.15. The standard InChI is InChI=1S/C25H21BrN2O2S2/c1-15-10-11-19-21(12-15)32-23-22(19)24(30)28(18-8-3-2-4-9-18)25(27-23)31-14-20(29)16-6-5-7-17(26)13-16/h2-9,13,15H,10-12,14H2,1H3. The number of thioether (sulfide) groups is 1. The van der Waals surface area contributed by atoms with Gasteiger partial charge >= 0.3 is 0 Å². The van der Waals surface area contributed by atoms with Crippen molar-refractivity contribution in [2.75, 3.05) is 5.75 Å². The highest BCUT2D eigenvalue weighted by molar-refractivity contribution is 9.10. The molecule has 0 aliphatic heterocycles. The molecular formula is C25H21BrN2O2S2. The lowest BCUT2D eigenvalue weighted by atomic mass is 9.89. The van der Waals surface area contributed by atoms with E-state index in [2.05, 4.69) is 22.9 Å². The first-order chi connectivity index (χ1) is 15.5. The van der Waals surface area contributed by atoms with Gasteiger partial charge in [0, 0.05) is 14.9 Å². The Hall–Kier alpha value is -2.22. The van der Waals surface area contributed by atoms with E-state index in [1.54, 1.807) is 15.9 Å². The third kappa shape index (κ3) is 4.09. The second-order valence-corrected chi connectivity index (χ2v) is 11.1. The van der Waals surface area contributed by atoms with Crippen LogP contribution < -0.4 is 5.56 Å². The van der Waals surface area contributed by atoms with Crippen LogP contribution >= 0.6 is 39.0 Å². The summed E-state index contributed by atoms with van der Waals surface area (Å²) in [5.41, 5.74) is 2.55. The Morgan fingerprint density at radius 2 is 2.03 bits per heavy atom. The number of carbonyl (C=O) groups is 1. The average molecular weight is 525 g/mol. The van der Waals surface area contributed by atoms with E-state index in [4.69, 9.17) is 4.98 Å². The highest BCUT2D eigenvalue weighted by Gasteiger charge is 2.25. The molecule has 0 fully saturated rings. The van der Waals surface area contributed by atoms with Crippen molar-refractivity contribution in [3.63, 3.8) is 0 Å². The molecule has 4 aromatic rings. The number of benzene rings is 2. The van der Waals surface area contributed by atoms with Gasteiger partial charge in [-0.05, 0) is 55.0 Å². The number of Topliss-reactive ketones (excluding diaryl/α,β-unsaturated/α-hetero) is 1. The summed E-state index contributed by atoms with van der Waals surface area (Å²) < 4.78 is 2.54. The highest BCUT2D eigenvalue weighted by atomic mass is 79.9. The maximum absolute atomic E-state index is 13.7. The fourth-order valence-corrected chi connectivity index (χ4v) is 6.88. The van der Waals surface area contributed by atoms with Crippen LogP contribution in [0.3, 0.4) is 0 Å². The minimum absolute atomic E-state index is 0.00422. The average Bonchev–Trinajstić information content (AvgIpc) is 3.15. The van der Waals surface area contributed by atoms with E-state index in [0.29, 0.717) is 16.6 Å². The van der Waals surface area contributed by atoms with Crippen molar-refractivity contribution >= 4 is 55.0 Å². The van der Waals surface area contributed by atoms with Crippen LogP contribution in [-0.2, 0) is 12.8 Å². The number of hydrogen-bond acceptors (Lipinski definition) is 5. The third-order valence-electron chi connectivity index (χ3n) is 5.79. The SMILES string of the molecule is CC1CCc2c(sc3nc(SCC(=O)c4cccc(Br)c4)n(-c4ccccc4)c(=O)c23)C1. The Morgan fingerprint density at radius 1 is 1.22 bits per heavy atom. The van der Waals surface area contributed by atoms with E-state index in [-0.39, 0.29) is 17.1 Å². The molecule has 0 amide bonds. The molecular weight excluding hydrogens is 504 g/mol. The molecule has 1 aliphatic rings. The second-order valence-electron chi connectivity index (χ2n) is 8.12.